The monoisotopic (exact) mass is 504 g/mol. The van der Waals surface area contributed by atoms with Crippen LogP contribution < -0.4 is 0 Å². The molecule has 2 bridgehead atoms. The third-order valence-electron chi connectivity index (χ3n) is 9.66. The quantitative estimate of drug-likeness (QED) is 0.323. The van der Waals surface area contributed by atoms with Crippen LogP contribution in [-0.2, 0) is 42.9 Å². The van der Waals surface area contributed by atoms with Gasteiger partial charge in [0, 0.05) is 29.6 Å². The summed E-state index contributed by atoms with van der Waals surface area (Å²) in [5.41, 5.74) is -0.633. The molecule has 7 atom stereocenters. The molecule has 9 heteroatoms. The molecular weight excluding hydrogens is 468 g/mol. The van der Waals surface area contributed by atoms with Gasteiger partial charge in [0.05, 0.1) is 26.6 Å². The van der Waals surface area contributed by atoms with Crippen LogP contribution in [0.4, 0.5) is 0 Å². The number of hydrogen-bond acceptors (Lipinski definition) is 9. The molecule has 0 spiro atoms. The molecule has 1 saturated heterocycles. The van der Waals surface area contributed by atoms with Crippen molar-refractivity contribution < 1.29 is 42.9 Å². The molecular formula is C27H36O9. The van der Waals surface area contributed by atoms with Crippen molar-refractivity contribution in [1.82, 2.24) is 0 Å². The van der Waals surface area contributed by atoms with E-state index in [2.05, 4.69) is 0 Å². The molecule has 36 heavy (non-hydrogen) atoms. The van der Waals surface area contributed by atoms with Gasteiger partial charge in [-0.1, -0.05) is 33.3 Å². The number of cyclic esters (lactones) is 1. The molecule has 0 radical (unpaired) electrons. The van der Waals surface area contributed by atoms with Gasteiger partial charge in [0.2, 0.25) is 6.10 Å². The first-order valence-electron chi connectivity index (χ1n) is 12.5. The number of methoxy groups -OCH3 is 2. The molecule has 0 amide bonds. The Morgan fingerprint density at radius 1 is 1.06 bits per heavy atom. The van der Waals surface area contributed by atoms with E-state index in [4.69, 9.17) is 18.9 Å². The maximum absolute atomic E-state index is 14.1. The molecule has 1 unspecified atom stereocenters. The first-order chi connectivity index (χ1) is 16.7. The second-order valence-corrected chi connectivity index (χ2v) is 11.7. The van der Waals surface area contributed by atoms with Crippen LogP contribution in [0.25, 0.3) is 0 Å². The van der Waals surface area contributed by atoms with E-state index in [1.165, 1.54) is 21.1 Å². The normalized spacial score (nSPS) is 38.8. The summed E-state index contributed by atoms with van der Waals surface area (Å²) in [6, 6.07) is 0. The topological polar surface area (TPSA) is 122 Å². The molecule has 2 saturated carbocycles. The number of rotatable bonds is 4. The van der Waals surface area contributed by atoms with Gasteiger partial charge in [0.25, 0.3) is 0 Å². The van der Waals surface area contributed by atoms with Crippen molar-refractivity contribution in [2.45, 2.75) is 78.9 Å². The summed E-state index contributed by atoms with van der Waals surface area (Å²) in [6.45, 7) is 9.03. The Balaban J connectivity index is 1.92. The second kappa shape index (κ2) is 8.70. The largest absolute Gasteiger partial charge is 0.469 e. The minimum Gasteiger partial charge on any atom is -0.469 e. The van der Waals surface area contributed by atoms with E-state index in [1.807, 2.05) is 27.7 Å². The Hall–Kier alpha value is -2.71. The molecule has 4 rings (SSSR count). The SMILES string of the molecule is COC(=O)C[C@H]1C(C)(C)[C@@H](OC(C)=O)[C@H]2CC3=C4CC(=O)O[C@@H](C(=O)OC)[C@]4(C)CCC3[C@@]1(C)C2=O. The summed E-state index contributed by atoms with van der Waals surface area (Å²) in [4.78, 5) is 64.1. The maximum atomic E-state index is 14.1. The highest BCUT2D eigenvalue weighted by atomic mass is 16.6. The van der Waals surface area contributed by atoms with Gasteiger partial charge < -0.3 is 18.9 Å². The van der Waals surface area contributed by atoms with Crippen LogP contribution in [0.2, 0.25) is 0 Å². The lowest BCUT2D eigenvalue weighted by molar-refractivity contribution is -0.198. The van der Waals surface area contributed by atoms with Crippen molar-refractivity contribution >= 4 is 29.7 Å². The van der Waals surface area contributed by atoms with E-state index in [1.54, 1.807) is 0 Å². The number of allylic oxidation sites excluding steroid dienone is 1. The van der Waals surface area contributed by atoms with Gasteiger partial charge in [0.1, 0.15) is 11.9 Å². The number of Topliss-reactive ketones (excluding diaryl/α,β-unsaturated/α-hetero) is 1. The van der Waals surface area contributed by atoms with Crippen molar-refractivity contribution in [3.63, 3.8) is 0 Å². The molecule has 3 fully saturated rings. The highest BCUT2D eigenvalue weighted by Crippen LogP contribution is 2.67. The van der Waals surface area contributed by atoms with Gasteiger partial charge in [-0.05, 0) is 36.7 Å². The number of carbonyl (C=O) groups excluding carboxylic acids is 5. The Kier molecular flexibility index (Phi) is 6.37. The van der Waals surface area contributed by atoms with Crippen LogP contribution in [0.3, 0.4) is 0 Å². The average Bonchev–Trinajstić information content (AvgIpc) is 2.81. The third kappa shape index (κ3) is 3.60. The summed E-state index contributed by atoms with van der Waals surface area (Å²) in [7, 11) is 2.58. The average molecular weight is 505 g/mol. The van der Waals surface area contributed by atoms with Gasteiger partial charge in [-0.25, -0.2) is 4.79 Å². The predicted octanol–water partition coefficient (Wildman–Crippen LogP) is 2.93. The first kappa shape index (κ1) is 26.4. The Morgan fingerprint density at radius 2 is 1.72 bits per heavy atom. The lowest BCUT2D eigenvalue weighted by atomic mass is 9.40. The van der Waals surface area contributed by atoms with Gasteiger partial charge in [0.15, 0.2) is 0 Å². The van der Waals surface area contributed by atoms with E-state index in [-0.39, 0.29) is 24.5 Å². The first-order valence-corrected chi connectivity index (χ1v) is 12.5. The fourth-order valence-corrected chi connectivity index (χ4v) is 7.93. The zero-order valence-electron chi connectivity index (χ0n) is 22.1. The Morgan fingerprint density at radius 3 is 2.31 bits per heavy atom. The van der Waals surface area contributed by atoms with Crippen LogP contribution >= 0.6 is 0 Å². The summed E-state index contributed by atoms with van der Waals surface area (Å²) in [6.07, 6.45) is -0.354. The van der Waals surface area contributed by atoms with Crippen LogP contribution in [0.15, 0.2) is 11.1 Å². The van der Waals surface area contributed by atoms with E-state index in [0.717, 1.165) is 11.1 Å². The van der Waals surface area contributed by atoms with Crippen LogP contribution in [0, 0.1) is 34.0 Å². The number of ether oxygens (including phenoxy) is 4. The number of ketones is 1. The van der Waals surface area contributed by atoms with E-state index >= 15 is 0 Å². The predicted molar refractivity (Wildman–Crippen MR) is 125 cm³/mol. The number of hydrogen-bond donors (Lipinski definition) is 0. The van der Waals surface area contributed by atoms with Gasteiger partial charge in [-0.3, -0.25) is 19.2 Å². The zero-order valence-corrected chi connectivity index (χ0v) is 22.1. The highest BCUT2D eigenvalue weighted by molar-refractivity contribution is 5.93. The minimum absolute atomic E-state index is 0.000562. The molecule has 198 valence electrons. The zero-order chi connectivity index (χ0) is 26.8. The standard InChI is InChI=1S/C27H36O9/c1-13(28)35-22-15-10-14-16(27(5,21(15)31)18(25(22,2)3)12-19(29)33-6)8-9-26(4)17(14)11-20(30)36-23(26)24(32)34-7/h15-16,18,22-23H,8-12H2,1-7H3/t15-,16?,18-,22-,23-,26+,27+/m0/s1. The fourth-order valence-electron chi connectivity index (χ4n) is 7.93. The van der Waals surface area contributed by atoms with Gasteiger partial charge in [-0.2, -0.15) is 0 Å². The molecule has 0 aromatic heterocycles. The van der Waals surface area contributed by atoms with Crippen molar-refractivity contribution in [1.29, 1.82) is 0 Å². The molecule has 9 nitrogen and oxygen atoms in total. The van der Waals surface area contributed by atoms with E-state index in [0.29, 0.717) is 19.3 Å². The summed E-state index contributed by atoms with van der Waals surface area (Å²) >= 11 is 0. The van der Waals surface area contributed by atoms with Crippen molar-refractivity contribution in [2.24, 2.45) is 34.0 Å². The van der Waals surface area contributed by atoms with E-state index in [9.17, 15) is 24.0 Å². The Bertz CT molecular complexity index is 1060. The van der Waals surface area contributed by atoms with Gasteiger partial charge >= 0.3 is 23.9 Å². The smallest absolute Gasteiger partial charge is 0.348 e. The molecule has 0 aromatic carbocycles. The lowest BCUT2D eigenvalue weighted by Gasteiger charge is -2.63. The van der Waals surface area contributed by atoms with Crippen molar-refractivity contribution in [3.8, 4) is 0 Å². The number of fused-ring (bicyclic) bond motifs is 5. The van der Waals surface area contributed by atoms with Crippen LogP contribution in [0.5, 0.6) is 0 Å². The van der Waals surface area contributed by atoms with Crippen molar-refractivity contribution in [2.75, 3.05) is 14.2 Å². The Labute approximate surface area is 211 Å². The molecule has 0 N–H and O–H groups in total. The summed E-state index contributed by atoms with van der Waals surface area (Å²) in [5.74, 6) is -3.40. The maximum Gasteiger partial charge on any atom is 0.348 e. The van der Waals surface area contributed by atoms with Crippen LogP contribution in [-0.4, -0.2) is 56.1 Å². The molecule has 0 aromatic rings. The molecule has 3 aliphatic carbocycles. The second-order valence-electron chi connectivity index (χ2n) is 11.7. The number of carbonyl (C=O) groups is 5. The minimum atomic E-state index is -1.07. The van der Waals surface area contributed by atoms with Crippen LogP contribution in [0.1, 0.15) is 66.7 Å². The highest BCUT2D eigenvalue weighted by Gasteiger charge is 2.69. The lowest BCUT2D eigenvalue weighted by Crippen LogP contribution is -2.67. The van der Waals surface area contributed by atoms with Gasteiger partial charge in [-0.15, -0.1) is 0 Å². The molecule has 1 aliphatic heterocycles. The molecule has 1 heterocycles. The number of esters is 4. The molecule has 4 aliphatic rings. The van der Waals surface area contributed by atoms with Crippen molar-refractivity contribution in [3.05, 3.63) is 11.1 Å². The fraction of sp³-hybridized carbons (Fsp3) is 0.741. The van der Waals surface area contributed by atoms with E-state index < -0.39 is 64.2 Å². The summed E-state index contributed by atoms with van der Waals surface area (Å²) < 4.78 is 21.2. The summed E-state index contributed by atoms with van der Waals surface area (Å²) in [5, 5.41) is 0. The third-order valence-corrected chi connectivity index (χ3v) is 9.66.